The van der Waals surface area contributed by atoms with Crippen molar-refractivity contribution in [3.63, 3.8) is 0 Å². The van der Waals surface area contributed by atoms with E-state index in [2.05, 4.69) is 10.4 Å². The zero-order valence-electron chi connectivity index (χ0n) is 18.5. The van der Waals surface area contributed by atoms with Crippen LogP contribution in [0, 0.1) is 6.92 Å². The molecule has 1 heterocycles. The Hall–Kier alpha value is -3.61. The largest absolute Gasteiger partial charge is 0.444 e. The third kappa shape index (κ3) is 6.18. The van der Waals surface area contributed by atoms with E-state index in [1.54, 1.807) is 30.1 Å². The number of hydrogen-bond donors (Lipinski definition) is 1. The molecule has 2 aromatic carbocycles. The van der Waals surface area contributed by atoms with Crippen molar-refractivity contribution in [2.45, 2.75) is 39.8 Å². The fourth-order valence-corrected chi connectivity index (χ4v) is 2.95. The van der Waals surface area contributed by atoms with E-state index in [1.165, 1.54) is 4.90 Å². The van der Waals surface area contributed by atoms with Gasteiger partial charge in [0, 0.05) is 31.0 Å². The minimum atomic E-state index is -0.549. The molecule has 31 heavy (non-hydrogen) atoms. The maximum atomic E-state index is 12.6. The maximum Gasteiger partial charge on any atom is 0.410 e. The van der Waals surface area contributed by atoms with E-state index in [0.717, 1.165) is 16.8 Å². The first kappa shape index (κ1) is 22.1. The molecule has 1 N–H and O–H groups in total. The summed E-state index contributed by atoms with van der Waals surface area (Å²) in [6, 6.07) is 14.6. The molecule has 0 spiro atoms. The van der Waals surface area contributed by atoms with Crippen molar-refractivity contribution in [2.75, 3.05) is 12.4 Å². The van der Waals surface area contributed by atoms with E-state index in [4.69, 9.17) is 4.74 Å². The molecule has 2 amide bonds. The Kier molecular flexibility index (Phi) is 6.44. The number of ether oxygens (including phenoxy) is 1. The number of anilines is 1. The smallest absolute Gasteiger partial charge is 0.410 e. The Labute approximate surface area is 182 Å². The lowest BCUT2D eigenvalue weighted by Crippen LogP contribution is -2.33. The molecule has 0 bridgehead atoms. The van der Waals surface area contributed by atoms with Crippen LogP contribution in [0.5, 0.6) is 0 Å². The van der Waals surface area contributed by atoms with E-state index < -0.39 is 11.7 Å². The van der Waals surface area contributed by atoms with Crippen molar-refractivity contribution in [3.05, 3.63) is 77.6 Å². The average molecular weight is 421 g/mol. The molecule has 1 aromatic heterocycles. The van der Waals surface area contributed by atoms with E-state index in [9.17, 15) is 9.59 Å². The van der Waals surface area contributed by atoms with Gasteiger partial charge < -0.3 is 15.0 Å². The van der Waals surface area contributed by atoms with Gasteiger partial charge >= 0.3 is 6.09 Å². The summed E-state index contributed by atoms with van der Waals surface area (Å²) in [5, 5.41) is 7.18. The summed E-state index contributed by atoms with van der Waals surface area (Å²) in [6.07, 6.45) is 3.32. The maximum absolute atomic E-state index is 12.6. The molecule has 0 saturated heterocycles. The normalized spacial score (nSPS) is 11.1. The molecule has 0 unspecified atom stereocenters. The number of carbonyl (C=O) groups excluding carboxylic acids is 2. The molecule has 7 heteroatoms. The predicted molar refractivity (Wildman–Crippen MR) is 120 cm³/mol. The molecule has 7 nitrogen and oxygen atoms in total. The number of rotatable bonds is 5. The van der Waals surface area contributed by atoms with E-state index in [-0.39, 0.29) is 5.91 Å². The Morgan fingerprint density at radius 3 is 2.45 bits per heavy atom. The Morgan fingerprint density at radius 1 is 1.13 bits per heavy atom. The van der Waals surface area contributed by atoms with Crippen LogP contribution in [0.4, 0.5) is 10.5 Å². The molecule has 0 radical (unpaired) electrons. The topological polar surface area (TPSA) is 76.5 Å². The number of nitrogens with one attached hydrogen (secondary N) is 1. The third-order valence-electron chi connectivity index (χ3n) is 4.42. The molecule has 162 valence electrons. The number of nitrogens with zero attached hydrogens (tertiary/aromatic N) is 3. The highest BCUT2D eigenvalue weighted by molar-refractivity contribution is 6.04. The first-order valence-electron chi connectivity index (χ1n) is 10.1. The molecule has 3 rings (SSSR count). The molecule has 3 aromatic rings. The fraction of sp³-hybridized carbons (Fsp3) is 0.292. The Bertz CT molecular complexity index is 1060. The van der Waals surface area contributed by atoms with Crippen molar-refractivity contribution >= 4 is 17.7 Å². The monoisotopic (exact) mass is 420 g/mol. The van der Waals surface area contributed by atoms with Crippen LogP contribution in [0.25, 0.3) is 5.69 Å². The van der Waals surface area contributed by atoms with Gasteiger partial charge in [0.2, 0.25) is 0 Å². The van der Waals surface area contributed by atoms with Crippen molar-refractivity contribution in [3.8, 4) is 5.69 Å². The molecule has 0 aliphatic heterocycles. The quantitative estimate of drug-likeness (QED) is 0.643. The van der Waals surface area contributed by atoms with Gasteiger partial charge in [-0.1, -0.05) is 12.1 Å². The van der Waals surface area contributed by atoms with Gasteiger partial charge in [0.25, 0.3) is 5.91 Å². The number of carbonyl (C=O) groups is 2. The fourth-order valence-electron chi connectivity index (χ4n) is 2.95. The van der Waals surface area contributed by atoms with Gasteiger partial charge in [-0.15, -0.1) is 0 Å². The predicted octanol–water partition coefficient (Wildman–Crippen LogP) is 4.80. The lowest BCUT2D eigenvalue weighted by molar-refractivity contribution is 0.0285. The van der Waals surface area contributed by atoms with Gasteiger partial charge in [-0.25, -0.2) is 9.48 Å². The van der Waals surface area contributed by atoms with Crippen molar-refractivity contribution < 1.29 is 14.3 Å². The minimum absolute atomic E-state index is 0.208. The van der Waals surface area contributed by atoms with Crippen LogP contribution in [0.3, 0.4) is 0 Å². The van der Waals surface area contributed by atoms with Crippen molar-refractivity contribution in [1.82, 2.24) is 14.7 Å². The second-order valence-electron chi connectivity index (χ2n) is 8.50. The molecule has 0 aliphatic rings. The molecule has 0 saturated carbocycles. The summed E-state index contributed by atoms with van der Waals surface area (Å²) in [5.74, 6) is -0.208. The summed E-state index contributed by atoms with van der Waals surface area (Å²) < 4.78 is 7.14. The molecular weight excluding hydrogens is 392 g/mol. The zero-order chi connectivity index (χ0) is 22.6. The summed E-state index contributed by atoms with van der Waals surface area (Å²) in [5.41, 5.74) is 3.50. The number of hydrogen-bond acceptors (Lipinski definition) is 4. The van der Waals surface area contributed by atoms with E-state index in [0.29, 0.717) is 17.8 Å². The highest BCUT2D eigenvalue weighted by Gasteiger charge is 2.19. The molecule has 0 fully saturated rings. The van der Waals surface area contributed by atoms with Crippen LogP contribution < -0.4 is 5.32 Å². The van der Waals surface area contributed by atoms with Gasteiger partial charge in [-0.05, 0) is 75.2 Å². The second kappa shape index (κ2) is 9.04. The average Bonchev–Trinajstić information content (AvgIpc) is 3.13. The number of benzene rings is 2. The summed E-state index contributed by atoms with van der Waals surface area (Å²) >= 11 is 0. The highest BCUT2D eigenvalue weighted by atomic mass is 16.6. The third-order valence-corrected chi connectivity index (χ3v) is 4.42. The van der Waals surface area contributed by atoms with Crippen LogP contribution in [0.1, 0.15) is 42.3 Å². The van der Waals surface area contributed by atoms with Gasteiger partial charge in [-0.2, -0.15) is 5.10 Å². The molecular formula is C24H28N4O3. The van der Waals surface area contributed by atoms with E-state index >= 15 is 0 Å². The van der Waals surface area contributed by atoms with Crippen molar-refractivity contribution in [2.24, 2.45) is 0 Å². The first-order valence-corrected chi connectivity index (χ1v) is 10.1. The lowest BCUT2D eigenvalue weighted by Gasteiger charge is -2.24. The van der Waals surface area contributed by atoms with Crippen LogP contribution in [0.15, 0.2) is 60.9 Å². The van der Waals surface area contributed by atoms with Gasteiger partial charge in [0.15, 0.2) is 0 Å². The standard InChI is InChI=1S/C24H28N4O3/c1-17-14-25-28(15-17)21-11-9-19(10-12-21)22(29)26-20-8-6-7-18(13-20)16-27(5)23(30)31-24(2,3)4/h6-15H,16H2,1-5H3,(H,26,29). The van der Waals surface area contributed by atoms with Gasteiger partial charge in [0.1, 0.15) is 5.60 Å². The van der Waals surface area contributed by atoms with Crippen LogP contribution in [0.2, 0.25) is 0 Å². The Morgan fingerprint density at radius 2 is 1.84 bits per heavy atom. The first-order chi connectivity index (χ1) is 14.6. The zero-order valence-corrected chi connectivity index (χ0v) is 18.5. The minimum Gasteiger partial charge on any atom is -0.444 e. The van der Waals surface area contributed by atoms with Gasteiger partial charge in [0.05, 0.1) is 11.9 Å². The molecule has 0 aliphatic carbocycles. The second-order valence-corrected chi connectivity index (χ2v) is 8.50. The van der Waals surface area contributed by atoms with Crippen LogP contribution >= 0.6 is 0 Å². The van der Waals surface area contributed by atoms with Crippen LogP contribution in [-0.4, -0.2) is 39.3 Å². The van der Waals surface area contributed by atoms with Crippen molar-refractivity contribution in [1.29, 1.82) is 0 Å². The number of amides is 2. The van der Waals surface area contributed by atoms with Crippen LogP contribution in [-0.2, 0) is 11.3 Å². The van der Waals surface area contributed by atoms with E-state index in [1.807, 2.05) is 70.3 Å². The van der Waals surface area contributed by atoms with Gasteiger partial charge in [-0.3, -0.25) is 4.79 Å². The summed E-state index contributed by atoms with van der Waals surface area (Å²) in [4.78, 5) is 26.3. The number of aromatic nitrogens is 2. The summed E-state index contributed by atoms with van der Waals surface area (Å²) in [6.45, 7) is 7.84. The highest BCUT2D eigenvalue weighted by Crippen LogP contribution is 2.16. The SMILES string of the molecule is Cc1cnn(-c2ccc(C(=O)Nc3cccc(CN(C)C(=O)OC(C)(C)C)c3)cc2)c1. The number of aryl methyl sites for hydroxylation is 1. The summed E-state index contributed by atoms with van der Waals surface area (Å²) in [7, 11) is 1.68. The lowest BCUT2D eigenvalue weighted by atomic mass is 10.1. The Balaban J connectivity index is 1.63. The molecule has 0 atom stereocenters.